The van der Waals surface area contributed by atoms with Gasteiger partial charge in [0.1, 0.15) is 11.6 Å². The van der Waals surface area contributed by atoms with E-state index in [2.05, 4.69) is 21.2 Å². The summed E-state index contributed by atoms with van der Waals surface area (Å²) < 4.78 is 20.5. The third-order valence-electron chi connectivity index (χ3n) is 3.16. The van der Waals surface area contributed by atoms with Gasteiger partial charge in [-0.1, -0.05) is 34.1 Å². The molecule has 0 heterocycles. The molecule has 2 aromatic rings. The number of halogens is 2. The first-order chi connectivity index (χ1) is 10.0. The smallest absolute Gasteiger partial charge is 0.129 e. The van der Waals surface area contributed by atoms with E-state index in [-0.39, 0.29) is 18.0 Å². The fraction of sp³-hybridized carbons (Fsp3) is 0.294. The third kappa shape index (κ3) is 3.83. The number of benzene rings is 2. The molecule has 1 N–H and O–H groups in total. The molecule has 112 valence electrons. The van der Waals surface area contributed by atoms with E-state index in [0.717, 1.165) is 15.8 Å². The van der Waals surface area contributed by atoms with E-state index in [1.165, 1.54) is 6.07 Å². The van der Waals surface area contributed by atoms with Gasteiger partial charge in [-0.2, -0.15) is 0 Å². The molecule has 1 atom stereocenters. The van der Waals surface area contributed by atoms with E-state index in [1.807, 2.05) is 51.2 Å². The van der Waals surface area contributed by atoms with E-state index in [0.29, 0.717) is 5.56 Å². The van der Waals surface area contributed by atoms with Crippen LogP contribution in [0.3, 0.4) is 0 Å². The minimum atomic E-state index is -0.230. The van der Waals surface area contributed by atoms with Gasteiger partial charge in [-0.3, -0.25) is 0 Å². The summed E-state index contributed by atoms with van der Waals surface area (Å²) in [5.74, 6) is 0.586. The van der Waals surface area contributed by atoms with Gasteiger partial charge in [-0.25, -0.2) is 4.39 Å². The molecule has 0 saturated carbocycles. The van der Waals surface area contributed by atoms with E-state index in [1.54, 1.807) is 6.07 Å². The van der Waals surface area contributed by atoms with Crippen molar-refractivity contribution in [2.45, 2.75) is 26.0 Å². The van der Waals surface area contributed by atoms with Crippen LogP contribution in [-0.4, -0.2) is 13.2 Å². The first kappa shape index (κ1) is 16.0. The molecule has 0 aliphatic rings. The van der Waals surface area contributed by atoms with Crippen molar-refractivity contribution in [1.82, 2.24) is 5.32 Å². The van der Waals surface area contributed by atoms with Crippen LogP contribution in [0.25, 0.3) is 0 Å². The molecular weight excluding hydrogens is 333 g/mol. The topological polar surface area (TPSA) is 21.3 Å². The van der Waals surface area contributed by atoms with Gasteiger partial charge in [-0.15, -0.1) is 0 Å². The highest BCUT2D eigenvalue weighted by Crippen LogP contribution is 2.31. The number of nitrogens with one attached hydrogen (secondary N) is 1. The maximum atomic E-state index is 14.1. The Kier molecular flexibility index (Phi) is 5.37. The Bertz CT molecular complexity index is 578. The maximum Gasteiger partial charge on any atom is 0.129 e. The van der Waals surface area contributed by atoms with Gasteiger partial charge in [0.05, 0.1) is 12.1 Å². The standard InChI is InChI=1S/C17H19BrFNO/c1-11(2)21-13-9-7-12(8-10-13)17(20-3)16-14(18)5-4-6-15(16)19/h4-11,17,20H,1-3H3. The van der Waals surface area contributed by atoms with Crippen LogP contribution in [0.1, 0.15) is 31.0 Å². The molecule has 2 nitrogen and oxygen atoms in total. The normalized spacial score (nSPS) is 12.5. The molecule has 0 amide bonds. The molecule has 0 spiro atoms. The second-order valence-corrected chi connectivity index (χ2v) is 5.95. The van der Waals surface area contributed by atoms with Gasteiger partial charge < -0.3 is 10.1 Å². The molecule has 21 heavy (non-hydrogen) atoms. The summed E-state index contributed by atoms with van der Waals surface area (Å²) in [6, 6.07) is 12.5. The minimum absolute atomic E-state index is 0.136. The van der Waals surface area contributed by atoms with E-state index in [4.69, 9.17) is 4.74 Å². The van der Waals surface area contributed by atoms with Crippen LogP contribution < -0.4 is 10.1 Å². The SMILES string of the molecule is CNC(c1ccc(OC(C)C)cc1)c1c(F)cccc1Br. The summed E-state index contributed by atoms with van der Waals surface area (Å²) in [7, 11) is 1.82. The molecule has 2 aromatic carbocycles. The average Bonchev–Trinajstić information content (AvgIpc) is 2.44. The zero-order valence-electron chi connectivity index (χ0n) is 12.4. The van der Waals surface area contributed by atoms with E-state index >= 15 is 0 Å². The van der Waals surface area contributed by atoms with Gasteiger partial charge in [0, 0.05) is 10.0 Å². The van der Waals surface area contributed by atoms with Gasteiger partial charge >= 0.3 is 0 Å². The molecule has 0 aliphatic carbocycles. The predicted octanol–water partition coefficient (Wildman–Crippen LogP) is 4.68. The predicted molar refractivity (Wildman–Crippen MR) is 87.2 cm³/mol. The Morgan fingerprint density at radius 2 is 1.76 bits per heavy atom. The van der Waals surface area contributed by atoms with Crippen molar-refractivity contribution in [1.29, 1.82) is 0 Å². The summed E-state index contributed by atoms with van der Waals surface area (Å²) in [5.41, 5.74) is 1.59. The summed E-state index contributed by atoms with van der Waals surface area (Å²) in [4.78, 5) is 0. The summed E-state index contributed by atoms with van der Waals surface area (Å²) >= 11 is 3.43. The zero-order valence-corrected chi connectivity index (χ0v) is 13.9. The maximum absolute atomic E-state index is 14.1. The lowest BCUT2D eigenvalue weighted by Gasteiger charge is -2.20. The zero-order chi connectivity index (χ0) is 15.4. The van der Waals surface area contributed by atoms with Crippen LogP contribution in [0, 0.1) is 5.82 Å². The second kappa shape index (κ2) is 7.05. The molecule has 4 heteroatoms. The lowest BCUT2D eigenvalue weighted by Crippen LogP contribution is -2.19. The Morgan fingerprint density at radius 3 is 2.29 bits per heavy atom. The van der Waals surface area contributed by atoms with Gasteiger partial charge in [0.15, 0.2) is 0 Å². The van der Waals surface area contributed by atoms with Crippen LogP contribution >= 0.6 is 15.9 Å². The Labute approximate surface area is 133 Å². The lowest BCUT2D eigenvalue weighted by atomic mass is 9.98. The fourth-order valence-corrected chi connectivity index (χ4v) is 2.85. The molecule has 0 radical (unpaired) electrons. The highest BCUT2D eigenvalue weighted by molar-refractivity contribution is 9.10. The van der Waals surface area contributed by atoms with Crippen molar-refractivity contribution in [3.63, 3.8) is 0 Å². The molecule has 2 rings (SSSR count). The van der Waals surface area contributed by atoms with Gasteiger partial charge in [0.25, 0.3) is 0 Å². The first-order valence-corrected chi connectivity index (χ1v) is 7.70. The van der Waals surface area contributed by atoms with E-state index < -0.39 is 0 Å². The van der Waals surface area contributed by atoms with Crippen molar-refractivity contribution < 1.29 is 9.13 Å². The van der Waals surface area contributed by atoms with Crippen molar-refractivity contribution in [3.8, 4) is 5.75 Å². The van der Waals surface area contributed by atoms with Crippen molar-refractivity contribution in [2.24, 2.45) is 0 Å². The van der Waals surface area contributed by atoms with Gasteiger partial charge in [-0.05, 0) is 50.7 Å². The molecular formula is C17H19BrFNO. The second-order valence-electron chi connectivity index (χ2n) is 5.09. The molecule has 1 unspecified atom stereocenters. The van der Waals surface area contributed by atoms with Crippen LogP contribution in [0.2, 0.25) is 0 Å². The first-order valence-electron chi connectivity index (χ1n) is 6.90. The molecule has 0 fully saturated rings. The average molecular weight is 352 g/mol. The highest BCUT2D eigenvalue weighted by atomic mass is 79.9. The lowest BCUT2D eigenvalue weighted by molar-refractivity contribution is 0.242. The van der Waals surface area contributed by atoms with E-state index in [9.17, 15) is 4.39 Å². The molecule has 0 saturated heterocycles. The fourth-order valence-electron chi connectivity index (χ4n) is 2.28. The quantitative estimate of drug-likeness (QED) is 0.843. The van der Waals surface area contributed by atoms with Crippen LogP contribution in [0.5, 0.6) is 5.75 Å². The van der Waals surface area contributed by atoms with Crippen LogP contribution in [-0.2, 0) is 0 Å². The number of ether oxygens (including phenoxy) is 1. The van der Waals surface area contributed by atoms with Crippen molar-refractivity contribution >= 4 is 15.9 Å². The Morgan fingerprint density at radius 1 is 1.10 bits per heavy atom. The Balaban J connectivity index is 2.33. The van der Waals surface area contributed by atoms with Crippen molar-refractivity contribution in [3.05, 3.63) is 63.9 Å². The molecule has 0 bridgehead atoms. The summed E-state index contributed by atoms with van der Waals surface area (Å²) in [5, 5.41) is 3.17. The number of rotatable bonds is 5. The number of hydrogen-bond donors (Lipinski definition) is 1. The minimum Gasteiger partial charge on any atom is -0.491 e. The highest BCUT2D eigenvalue weighted by Gasteiger charge is 2.19. The monoisotopic (exact) mass is 351 g/mol. The largest absolute Gasteiger partial charge is 0.491 e. The number of hydrogen-bond acceptors (Lipinski definition) is 2. The third-order valence-corrected chi connectivity index (χ3v) is 3.85. The Hall–Kier alpha value is -1.39. The van der Waals surface area contributed by atoms with Crippen LogP contribution in [0.15, 0.2) is 46.9 Å². The molecule has 0 aromatic heterocycles. The van der Waals surface area contributed by atoms with Crippen molar-refractivity contribution in [2.75, 3.05) is 7.05 Å². The molecule has 0 aliphatic heterocycles. The van der Waals surface area contributed by atoms with Gasteiger partial charge in [0.2, 0.25) is 0 Å². The van der Waals surface area contributed by atoms with Crippen LogP contribution in [0.4, 0.5) is 4.39 Å². The summed E-state index contributed by atoms with van der Waals surface area (Å²) in [6.07, 6.45) is 0.136. The summed E-state index contributed by atoms with van der Waals surface area (Å²) in [6.45, 7) is 3.97.